The molecule has 4 heteroatoms. The Morgan fingerprint density at radius 3 is 2.94 bits per heavy atom. The molecule has 0 saturated carbocycles. The lowest BCUT2D eigenvalue weighted by molar-refractivity contribution is -0.116. The van der Waals surface area contributed by atoms with Crippen LogP contribution in [0, 0.1) is 5.92 Å². The third kappa shape index (κ3) is 6.64. The van der Waals surface area contributed by atoms with E-state index in [1.165, 1.54) is 12.8 Å². The van der Waals surface area contributed by atoms with Crippen molar-refractivity contribution in [2.75, 3.05) is 19.6 Å². The maximum atomic E-state index is 11.3. The molecule has 0 aromatic carbocycles. The second-order valence-electron chi connectivity index (χ2n) is 3.84. The zero-order valence-electron chi connectivity index (χ0n) is 9.74. The second-order valence-corrected chi connectivity index (χ2v) is 3.84. The van der Waals surface area contributed by atoms with Gasteiger partial charge in [-0.3, -0.25) is 4.79 Å². The van der Waals surface area contributed by atoms with Gasteiger partial charge in [0.25, 0.3) is 0 Å². The SMILES string of the molecule is C/C=C/C=C/C(=O)NCC1CCCNC1.Cl. The third-order valence-corrected chi connectivity index (χ3v) is 2.52. The van der Waals surface area contributed by atoms with Gasteiger partial charge in [0.05, 0.1) is 0 Å². The van der Waals surface area contributed by atoms with Gasteiger partial charge in [-0.05, 0) is 38.8 Å². The van der Waals surface area contributed by atoms with E-state index < -0.39 is 0 Å². The van der Waals surface area contributed by atoms with E-state index in [1.807, 2.05) is 19.1 Å². The Labute approximate surface area is 104 Å². The lowest BCUT2D eigenvalue weighted by Crippen LogP contribution is -2.37. The topological polar surface area (TPSA) is 41.1 Å². The molecule has 1 rings (SSSR count). The summed E-state index contributed by atoms with van der Waals surface area (Å²) in [7, 11) is 0. The van der Waals surface area contributed by atoms with Gasteiger partial charge in [-0.2, -0.15) is 0 Å². The van der Waals surface area contributed by atoms with Crippen LogP contribution in [0.3, 0.4) is 0 Å². The molecule has 1 amide bonds. The second kappa shape index (κ2) is 9.43. The molecule has 1 saturated heterocycles. The predicted molar refractivity (Wildman–Crippen MR) is 69.8 cm³/mol. The molecule has 1 fully saturated rings. The number of rotatable bonds is 4. The van der Waals surface area contributed by atoms with Crippen molar-refractivity contribution in [3.63, 3.8) is 0 Å². The minimum Gasteiger partial charge on any atom is -0.352 e. The van der Waals surface area contributed by atoms with Crippen molar-refractivity contribution in [2.24, 2.45) is 5.92 Å². The van der Waals surface area contributed by atoms with Gasteiger partial charge in [0.15, 0.2) is 0 Å². The quantitative estimate of drug-likeness (QED) is 0.583. The first-order valence-electron chi connectivity index (χ1n) is 5.61. The Balaban J connectivity index is 0.00000225. The molecular weight excluding hydrogens is 224 g/mol. The first-order chi connectivity index (χ1) is 7.33. The van der Waals surface area contributed by atoms with Gasteiger partial charge in [0.1, 0.15) is 0 Å². The summed E-state index contributed by atoms with van der Waals surface area (Å²) in [6, 6.07) is 0. The van der Waals surface area contributed by atoms with Gasteiger partial charge in [0.2, 0.25) is 5.91 Å². The largest absolute Gasteiger partial charge is 0.352 e. The van der Waals surface area contributed by atoms with Crippen molar-refractivity contribution in [3.05, 3.63) is 24.3 Å². The van der Waals surface area contributed by atoms with Crippen molar-refractivity contribution in [3.8, 4) is 0 Å². The number of nitrogens with one attached hydrogen (secondary N) is 2. The van der Waals surface area contributed by atoms with Crippen LogP contribution in [0.2, 0.25) is 0 Å². The molecule has 92 valence electrons. The summed E-state index contributed by atoms with van der Waals surface area (Å²) in [6.07, 6.45) is 9.50. The van der Waals surface area contributed by atoms with Gasteiger partial charge < -0.3 is 10.6 Å². The number of carbonyl (C=O) groups excluding carboxylic acids is 1. The molecule has 0 spiro atoms. The fraction of sp³-hybridized carbons (Fsp3) is 0.583. The average molecular weight is 245 g/mol. The van der Waals surface area contributed by atoms with Crippen LogP contribution in [-0.4, -0.2) is 25.5 Å². The highest BCUT2D eigenvalue weighted by atomic mass is 35.5. The highest BCUT2D eigenvalue weighted by Gasteiger charge is 2.12. The highest BCUT2D eigenvalue weighted by Crippen LogP contribution is 2.07. The standard InChI is InChI=1S/C12H20N2O.ClH/c1-2-3-4-7-12(15)14-10-11-6-5-8-13-9-11;/h2-4,7,11,13H,5-6,8-10H2,1H3,(H,14,15);1H/b3-2+,7-4+;. The monoisotopic (exact) mass is 244 g/mol. The molecule has 0 bridgehead atoms. The third-order valence-electron chi connectivity index (χ3n) is 2.52. The molecule has 1 atom stereocenters. The van der Waals surface area contributed by atoms with E-state index >= 15 is 0 Å². The molecule has 1 unspecified atom stereocenters. The minimum absolute atomic E-state index is 0. The summed E-state index contributed by atoms with van der Waals surface area (Å²) in [4.78, 5) is 11.3. The normalized spacial score (nSPS) is 20.9. The summed E-state index contributed by atoms with van der Waals surface area (Å²) in [5.74, 6) is 0.594. The highest BCUT2D eigenvalue weighted by molar-refractivity contribution is 5.87. The summed E-state index contributed by atoms with van der Waals surface area (Å²) in [5, 5.41) is 6.24. The summed E-state index contributed by atoms with van der Waals surface area (Å²) in [5.41, 5.74) is 0. The fourth-order valence-electron chi connectivity index (χ4n) is 1.66. The van der Waals surface area contributed by atoms with Gasteiger partial charge in [-0.1, -0.05) is 18.2 Å². The first kappa shape index (κ1) is 15.2. The van der Waals surface area contributed by atoms with Crippen molar-refractivity contribution >= 4 is 18.3 Å². The van der Waals surface area contributed by atoms with Crippen LogP contribution in [0.25, 0.3) is 0 Å². The molecule has 3 nitrogen and oxygen atoms in total. The van der Waals surface area contributed by atoms with E-state index in [0.29, 0.717) is 5.92 Å². The van der Waals surface area contributed by atoms with Crippen LogP contribution in [0.4, 0.5) is 0 Å². The molecule has 0 aromatic heterocycles. The summed E-state index contributed by atoms with van der Waals surface area (Å²) in [6.45, 7) is 4.85. The predicted octanol–water partition coefficient (Wildman–Crippen LogP) is 1.66. The van der Waals surface area contributed by atoms with Gasteiger partial charge in [-0.15, -0.1) is 12.4 Å². The van der Waals surface area contributed by atoms with Gasteiger partial charge >= 0.3 is 0 Å². The zero-order valence-corrected chi connectivity index (χ0v) is 10.6. The number of halogens is 1. The number of piperidine rings is 1. The van der Waals surface area contributed by atoms with Crippen LogP contribution >= 0.6 is 12.4 Å². The maximum absolute atomic E-state index is 11.3. The van der Waals surface area contributed by atoms with Crippen molar-refractivity contribution in [1.82, 2.24) is 10.6 Å². The van der Waals surface area contributed by atoms with E-state index in [9.17, 15) is 4.79 Å². The lowest BCUT2D eigenvalue weighted by Gasteiger charge is -2.22. The van der Waals surface area contributed by atoms with E-state index in [-0.39, 0.29) is 18.3 Å². The van der Waals surface area contributed by atoms with Crippen molar-refractivity contribution in [1.29, 1.82) is 0 Å². The smallest absolute Gasteiger partial charge is 0.243 e. The van der Waals surface area contributed by atoms with Crippen LogP contribution in [0.5, 0.6) is 0 Å². The number of hydrogen-bond donors (Lipinski definition) is 2. The van der Waals surface area contributed by atoms with Crippen LogP contribution in [0.15, 0.2) is 24.3 Å². The van der Waals surface area contributed by atoms with Gasteiger partial charge in [-0.25, -0.2) is 0 Å². The van der Waals surface area contributed by atoms with E-state index in [1.54, 1.807) is 12.2 Å². The number of carbonyl (C=O) groups is 1. The molecule has 0 aromatic rings. The Hall–Kier alpha value is -0.800. The molecule has 1 aliphatic rings. The Morgan fingerprint density at radius 1 is 1.50 bits per heavy atom. The molecule has 0 radical (unpaired) electrons. The van der Waals surface area contributed by atoms with Crippen LogP contribution < -0.4 is 10.6 Å². The number of allylic oxidation sites excluding steroid dienone is 3. The minimum atomic E-state index is -0.00123. The van der Waals surface area contributed by atoms with Crippen molar-refractivity contribution in [2.45, 2.75) is 19.8 Å². The molecule has 1 aliphatic heterocycles. The summed E-state index contributed by atoms with van der Waals surface area (Å²) < 4.78 is 0. The Bertz CT molecular complexity index is 245. The van der Waals surface area contributed by atoms with Crippen LogP contribution in [0.1, 0.15) is 19.8 Å². The van der Waals surface area contributed by atoms with Crippen LogP contribution in [-0.2, 0) is 4.79 Å². The van der Waals surface area contributed by atoms with Gasteiger partial charge in [0, 0.05) is 12.6 Å². The van der Waals surface area contributed by atoms with E-state index in [2.05, 4.69) is 10.6 Å². The first-order valence-corrected chi connectivity index (χ1v) is 5.61. The number of hydrogen-bond acceptors (Lipinski definition) is 2. The Kier molecular flexibility index (Phi) is 8.96. The molecule has 0 aliphatic carbocycles. The fourth-order valence-corrected chi connectivity index (χ4v) is 1.66. The zero-order chi connectivity index (χ0) is 10.9. The number of amides is 1. The molecular formula is C12H21ClN2O. The molecule has 1 heterocycles. The Morgan fingerprint density at radius 2 is 2.31 bits per heavy atom. The van der Waals surface area contributed by atoms with E-state index in [0.717, 1.165) is 19.6 Å². The molecule has 16 heavy (non-hydrogen) atoms. The van der Waals surface area contributed by atoms with E-state index in [4.69, 9.17) is 0 Å². The molecule has 2 N–H and O–H groups in total. The average Bonchev–Trinajstić information content (AvgIpc) is 2.28. The lowest BCUT2D eigenvalue weighted by atomic mass is 10.00. The maximum Gasteiger partial charge on any atom is 0.243 e. The summed E-state index contributed by atoms with van der Waals surface area (Å²) >= 11 is 0. The van der Waals surface area contributed by atoms with Crippen molar-refractivity contribution < 1.29 is 4.79 Å².